The molecule has 1 aromatic carbocycles. The molecular weight excluding hydrogens is 209 g/mol. The van der Waals surface area contributed by atoms with Gasteiger partial charge in [-0.15, -0.1) is 0 Å². The first kappa shape index (κ1) is 10.9. The van der Waals surface area contributed by atoms with Gasteiger partial charge in [0.25, 0.3) is 0 Å². The van der Waals surface area contributed by atoms with Crippen molar-refractivity contribution in [1.82, 2.24) is 10.6 Å². The highest BCUT2D eigenvalue weighted by atomic mass is 19.1. The van der Waals surface area contributed by atoms with Gasteiger partial charge in [-0.1, -0.05) is 12.1 Å². The molecule has 1 aliphatic rings. The molecule has 1 fully saturated rings. The fourth-order valence-electron chi connectivity index (χ4n) is 1.69. The Bertz CT molecular complexity index is 397. The van der Waals surface area contributed by atoms with Crippen LogP contribution in [0.5, 0.6) is 0 Å². The van der Waals surface area contributed by atoms with Crippen LogP contribution in [0.2, 0.25) is 0 Å². The first-order valence-corrected chi connectivity index (χ1v) is 5.21. The number of carbonyl (C=O) groups is 1. The molecule has 4 nitrogen and oxygen atoms in total. The monoisotopic (exact) mass is 223 g/mol. The van der Waals surface area contributed by atoms with Gasteiger partial charge in [0.15, 0.2) is 6.29 Å². The van der Waals surface area contributed by atoms with Gasteiger partial charge in [-0.2, -0.15) is 0 Å². The average molecular weight is 223 g/mol. The van der Waals surface area contributed by atoms with E-state index in [0.29, 0.717) is 12.1 Å². The minimum absolute atomic E-state index is 0.0416. The maximum Gasteiger partial charge on any atom is 0.224 e. The molecule has 1 aromatic rings. The van der Waals surface area contributed by atoms with Gasteiger partial charge in [-0.05, 0) is 19.1 Å². The zero-order valence-electron chi connectivity index (χ0n) is 8.96. The van der Waals surface area contributed by atoms with Crippen LogP contribution in [0.1, 0.15) is 13.3 Å². The van der Waals surface area contributed by atoms with Gasteiger partial charge in [0.1, 0.15) is 5.82 Å². The molecule has 0 aromatic heterocycles. The number of hydrogen-bond acceptors (Lipinski definition) is 3. The van der Waals surface area contributed by atoms with E-state index in [4.69, 9.17) is 0 Å². The number of para-hydroxylation sites is 1. The minimum atomic E-state index is -0.423. The van der Waals surface area contributed by atoms with Crippen LogP contribution >= 0.6 is 0 Å². The standard InChI is InChI=1S/C11H14FN3O/c1-7-6-10(16)15-11(13-7)14-9-5-3-2-4-8(9)12/h2-5,7,11,13-14H,6H2,1H3,(H,15,16). The van der Waals surface area contributed by atoms with E-state index in [0.717, 1.165) is 0 Å². The Labute approximate surface area is 93.2 Å². The largest absolute Gasteiger partial charge is 0.351 e. The van der Waals surface area contributed by atoms with Crippen molar-refractivity contribution in [3.05, 3.63) is 30.1 Å². The minimum Gasteiger partial charge on any atom is -0.351 e. The van der Waals surface area contributed by atoms with E-state index in [-0.39, 0.29) is 17.8 Å². The second-order valence-corrected chi connectivity index (χ2v) is 3.90. The van der Waals surface area contributed by atoms with Gasteiger partial charge in [-0.3, -0.25) is 10.1 Å². The summed E-state index contributed by atoms with van der Waals surface area (Å²) < 4.78 is 13.3. The van der Waals surface area contributed by atoms with Crippen LogP contribution in [0.4, 0.5) is 10.1 Å². The summed E-state index contributed by atoms with van der Waals surface area (Å²) >= 11 is 0. The zero-order chi connectivity index (χ0) is 11.5. The SMILES string of the molecule is CC1CC(=O)NC(Nc2ccccc2F)N1. The molecule has 2 rings (SSSR count). The molecule has 2 unspecified atom stereocenters. The van der Waals surface area contributed by atoms with Crippen molar-refractivity contribution >= 4 is 11.6 Å². The first-order chi connectivity index (χ1) is 7.65. The van der Waals surface area contributed by atoms with Crippen LogP contribution in [0.3, 0.4) is 0 Å². The third kappa shape index (κ3) is 2.49. The molecular formula is C11H14FN3O. The van der Waals surface area contributed by atoms with E-state index in [1.807, 2.05) is 6.92 Å². The lowest BCUT2D eigenvalue weighted by molar-refractivity contribution is -0.123. The Hall–Kier alpha value is -1.62. The van der Waals surface area contributed by atoms with Gasteiger partial charge in [0, 0.05) is 12.5 Å². The van der Waals surface area contributed by atoms with Crippen molar-refractivity contribution in [2.24, 2.45) is 0 Å². The maximum absolute atomic E-state index is 13.3. The van der Waals surface area contributed by atoms with Crippen molar-refractivity contribution in [3.63, 3.8) is 0 Å². The van der Waals surface area contributed by atoms with Gasteiger partial charge < -0.3 is 10.6 Å². The molecule has 1 saturated heterocycles. The smallest absolute Gasteiger partial charge is 0.224 e. The lowest BCUT2D eigenvalue weighted by Gasteiger charge is -2.30. The summed E-state index contributed by atoms with van der Waals surface area (Å²) in [5.74, 6) is -0.378. The summed E-state index contributed by atoms with van der Waals surface area (Å²) in [5, 5.41) is 8.70. The lowest BCUT2D eigenvalue weighted by Crippen LogP contribution is -2.59. The molecule has 1 aliphatic heterocycles. The summed E-state index contributed by atoms with van der Waals surface area (Å²) in [6.07, 6.45) is 0.0169. The topological polar surface area (TPSA) is 53.2 Å². The molecule has 0 aliphatic carbocycles. The molecule has 3 N–H and O–H groups in total. The van der Waals surface area contributed by atoms with Gasteiger partial charge >= 0.3 is 0 Å². The number of rotatable bonds is 2. The number of nitrogens with one attached hydrogen (secondary N) is 3. The Balaban J connectivity index is 2.04. The number of benzene rings is 1. The number of hydrogen-bond donors (Lipinski definition) is 3. The quantitative estimate of drug-likeness (QED) is 0.701. The maximum atomic E-state index is 13.3. The molecule has 16 heavy (non-hydrogen) atoms. The summed E-state index contributed by atoms with van der Waals surface area (Å²) in [6.45, 7) is 1.91. The predicted octanol–water partition coefficient (Wildman–Crippen LogP) is 1.02. The van der Waals surface area contributed by atoms with Crippen LogP contribution in [0.25, 0.3) is 0 Å². The first-order valence-electron chi connectivity index (χ1n) is 5.21. The molecule has 1 heterocycles. The molecule has 0 saturated carbocycles. The van der Waals surface area contributed by atoms with Crippen LogP contribution in [-0.2, 0) is 4.79 Å². The summed E-state index contributed by atoms with van der Waals surface area (Å²) in [5.41, 5.74) is 0.370. The predicted molar refractivity (Wildman–Crippen MR) is 59.2 cm³/mol. The van der Waals surface area contributed by atoms with Crippen molar-refractivity contribution in [1.29, 1.82) is 0 Å². The van der Waals surface area contributed by atoms with Crippen molar-refractivity contribution in [2.75, 3.05) is 5.32 Å². The highest BCUT2D eigenvalue weighted by molar-refractivity contribution is 5.78. The van der Waals surface area contributed by atoms with Crippen molar-refractivity contribution < 1.29 is 9.18 Å². The molecule has 0 bridgehead atoms. The third-order valence-corrected chi connectivity index (χ3v) is 2.42. The number of halogens is 1. The van der Waals surface area contributed by atoms with Crippen LogP contribution in [-0.4, -0.2) is 18.2 Å². The fourth-order valence-corrected chi connectivity index (χ4v) is 1.69. The van der Waals surface area contributed by atoms with Gasteiger partial charge in [0.2, 0.25) is 5.91 Å². The van der Waals surface area contributed by atoms with Crippen LogP contribution in [0.15, 0.2) is 24.3 Å². The molecule has 0 spiro atoms. The fraction of sp³-hybridized carbons (Fsp3) is 0.364. The van der Waals surface area contributed by atoms with E-state index in [1.54, 1.807) is 18.2 Å². The Kier molecular flexibility index (Phi) is 3.05. The molecule has 2 atom stereocenters. The summed E-state index contributed by atoms with van der Waals surface area (Å²) in [4.78, 5) is 11.3. The highest BCUT2D eigenvalue weighted by Crippen LogP contribution is 2.13. The Morgan fingerprint density at radius 3 is 2.88 bits per heavy atom. The Morgan fingerprint density at radius 1 is 1.44 bits per heavy atom. The van der Waals surface area contributed by atoms with E-state index >= 15 is 0 Å². The average Bonchev–Trinajstić information content (AvgIpc) is 2.20. The second kappa shape index (κ2) is 4.49. The molecule has 86 valence electrons. The summed E-state index contributed by atoms with van der Waals surface area (Å²) in [6, 6.07) is 6.44. The van der Waals surface area contributed by atoms with E-state index in [2.05, 4.69) is 16.0 Å². The van der Waals surface area contributed by atoms with Crippen molar-refractivity contribution in [3.8, 4) is 0 Å². The van der Waals surface area contributed by atoms with Gasteiger partial charge in [-0.25, -0.2) is 4.39 Å². The number of anilines is 1. The zero-order valence-corrected chi connectivity index (χ0v) is 8.96. The van der Waals surface area contributed by atoms with Crippen LogP contribution in [0, 0.1) is 5.82 Å². The molecule has 1 amide bonds. The molecule has 0 radical (unpaired) electrons. The van der Waals surface area contributed by atoms with Crippen LogP contribution < -0.4 is 16.0 Å². The third-order valence-electron chi connectivity index (χ3n) is 2.42. The molecule has 5 heteroatoms. The number of carbonyl (C=O) groups excluding carboxylic acids is 1. The van der Waals surface area contributed by atoms with E-state index < -0.39 is 6.29 Å². The van der Waals surface area contributed by atoms with Gasteiger partial charge in [0.05, 0.1) is 5.69 Å². The van der Waals surface area contributed by atoms with E-state index in [1.165, 1.54) is 6.07 Å². The normalized spacial score (nSPS) is 25.0. The summed E-state index contributed by atoms with van der Waals surface area (Å²) in [7, 11) is 0. The van der Waals surface area contributed by atoms with Crippen molar-refractivity contribution in [2.45, 2.75) is 25.7 Å². The van der Waals surface area contributed by atoms with E-state index in [9.17, 15) is 9.18 Å². The number of amides is 1. The highest BCUT2D eigenvalue weighted by Gasteiger charge is 2.22. The Morgan fingerprint density at radius 2 is 2.19 bits per heavy atom. The second-order valence-electron chi connectivity index (χ2n) is 3.90. The lowest BCUT2D eigenvalue weighted by atomic mass is 10.2.